The number of carbonyl (C=O) groups excluding carboxylic acids is 1. The van der Waals surface area contributed by atoms with Crippen LogP contribution in [0.2, 0.25) is 5.02 Å². The third-order valence-corrected chi connectivity index (χ3v) is 4.63. The first-order valence-corrected chi connectivity index (χ1v) is 8.26. The molecule has 0 bridgehead atoms. The predicted octanol–water partition coefficient (Wildman–Crippen LogP) is 2.67. The van der Waals surface area contributed by atoms with E-state index in [1.165, 1.54) is 6.07 Å². The molecule has 1 saturated heterocycles. The Labute approximate surface area is 141 Å². The topological polar surface area (TPSA) is 43.8 Å². The molecule has 1 fully saturated rings. The number of carbonyl (C=O) groups is 1. The quantitative estimate of drug-likeness (QED) is 0.894. The van der Waals surface area contributed by atoms with Crippen LogP contribution in [0.4, 0.5) is 4.39 Å². The van der Waals surface area contributed by atoms with Gasteiger partial charge in [0.05, 0.1) is 10.6 Å². The van der Waals surface area contributed by atoms with Crippen molar-refractivity contribution in [2.24, 2.45) is 0 Å². The Hall–Kier alpha value is -1.17. The largest absolute Gasteiger partial charge is 0.389 e. The average molecular weight is 343 g/mol. The van der Waals surface area contributed by atoms with Gasteiger partial charge in [0.15, 0.2) is 0 Å². The number of halogens is 2. The fourth-order valence-corrected chi connectivity index (χ4v) is 3.12. The smallest absolute Gasteiger partial charge is 0.222 e. The van der Waals surface area contributed by atoms with Gasteiger partial charge in [-0.25, -0.2) is 4.39 Å². The van der Waals surface area contributed by atoms with Gasteiger partial charge in [0.25, 0.3) is 0 Å². The van der Waals surface area contributed by atoms with E-state index in [0.717, 1.165) is 18.5 Å². The molecule has 0 aliphatic carbocycles. The lowest BCUT2D eigenvalue weighted by atomic mass is 9.88. The number of amides is 1. The zero-order valence-electron chi connectivity index (χ0n) is 13.7. The van der Waals surface area contributed by atoms with Crippen LogP contribution in [0.1, 0.15) is 31.2 Å². The van der Waals surface area contributed by atoms with E-state index in [1.54, 1.807) is 31.1 Å². The van der Waals surface area contributed by atoms with Crippen LogP contribution in [-0.4, -0.2) is 53.6 Å². The molecule has 0 unspecified atom stereocenters. The summed E-state index contributed by atoms with van der Waals surface area (Å²) in [6.07, 6.45) is 2.35. The second-order valence-corrected chi connectivity index (χ2v) is 6.98. The molecule has 1 heterocycles. The molecular weight excluding hydrogens is 319 g/mol. The first kappa shape index (κ1) is 18.2. The highest BCUT2D eigenvalue weighted by Crippen LogP contribution is 2.27. The van der Waals surface area contributed by atoms with E-state index >= 15 is 0 Å². The molecule has 0 spiro atoms. The lowest BCUT2D eigenvalue weighted by Crippen LogP contribution is -2.48. The summed E-state index contributed by atoms with van der Waals surface area (Å²) in [6, 6.07) is 4.79. The molecule has 1 aliphatic rings. The van der Waals surface area contributed by atoms with Gasteiger partial charge < -0.3 is 10.0 Å². The Morgan fingerprint density at radius 3 is 2.87 bits per heavy atom. The number of likely N-dealkylation sites (tertiary alicyclic amines) is 1. The number of hydrogen-bond donors (Lipinski definition) is 1. The molecule has 2 rings (SSSR count). The summed E-state index contributed by atoms with van der Waals surface area (Å²) >= 11 is 5.70. The van der Waals surface area contributed by atoms with Crippen LogP contribution in [0, 0.1) is 5.82 Å². The first-order valence-electron chi connectivity index (χ1n) is 7.88. The van der Waals surface area contributed by atoms with Crippen LogP contribution in [-0.2, 0) is 11.3 Å². The van der Waals surface area contributed by atoms with Crippen molar-refractivity contribution in [2.45, 2.75) is 37.8 Å². The van der Waals surface area contributed by atoms with Gasteiger partial charge in [0.1, 0.15) is 5.82 Å². The summed E-state index contributed by atoms with van der Waals surface area (Å²) < 4.78 is 13.5. The van der Waals surface area contributed by atoms with Crippen molar-refractivity contribution in [3.05, 3.63) is 34.6 Å². The summed E-state index contributed by atoms with van der Waals surface area (Å²) in [7, 11) is 3.43. The minimum absolute atomic E-state index is 0.0234. The van der Waals surface area contributed by atoms with Gasteiger partial charge in [-0.3, -0.25) is 9.69 Å². The number of nitrogens with zero attached hydrogens (tertiary/aromatic N) is 2. The van der Waals surface area contributed by atoms with Crippen molar-refractivity contribution in [1.29, 1.82) is 0 Å². The summed E-state index contributed by atoms with van der Waals surface area (Å²) in [4.78, 5) is 15.4. The van der Waals surface area contributed by atoms with Crippen LogP contribution in [0.3, 0.4) is 0 Å². The van der Waals surface area contributed by atoms with Crippen LogP contribution >= 0.6 is 11.6 Å². The maximum Gasteiger partial charge on any atom is 0.222 e. The van der Waals surface area contributed by atoms with E-state index < -0.39 is 11.4 Å². The lowest BCUT2D eigenvalue weighted by molar-refractivity contribution is -0.130. The van der Waals surface area contributed by atoms with Gasteiger partial charge in [-0.1, -0.05) is 17.7 Å². The molecule has 1 N–H and O–H groups in total. The Morgan fingerprint density at radius 2 is 2.22 bits per heavy atom. The van der Waals surface area contributed by atoms with Crippen LogP contribution < -0.4 is 0 Å². The monoisotopic (exact) mass is 342 g/mol. The van der Waals surface area contributed by atoms with Gasteiger partial charge in [0, 0.05) is 33.6 Å². The van der Waals surface area contributed by atoms with Crippen LogP contribution in [0.25, 0.3) is 0 Å². The highest BCUT2D eigenvalue weighted by molar-refractivity contribution is 6.30. The van der Waals surface area contributed by atoms with Gasteiger partial charge in [-0.05, 0) is 43.5 Å². The van der Waals surface area contributed by atoms with Gasteiger partial charge in [-0.2, -0.15) is 0 Å². The molecule has 128 valence electrons. The van der Waals surface area contributed by atoms with E-state index in [4.69, 9.17) is 11.6 Å². The molecule has 1 aromatic carbocycles. The standard InChI is InChI=1S/C17H24ClFN2O2/c1-20(2)16(22)6-8-17(23)7-3-9-21(12-17)11-13-4-5-14(18)15(19)10-13/h4-5,10,23H,3,6-9,11-12H2,1-2H3/t17-/m0/s1. The van der Waals surface area contributed by atoms with Gasteiger partial charge >= 0.3 is 0 Å². The molecule has 0 saturated carbocycles. The average Bonchev–Trinajstić information content (AvgIpc) is 2.48. The van der Waals surface area contributed by atoms with Gasteiger partial charge in [0.2, 0.25) is 5.91 Å². The van der Waals surface area contributed by atoms with E-state index in [-0.39, 0.29) is 10.9 Å². The molecule has 4 nitrogen and oxygen atoms in total. The minimum Gasteiger partial charge on any atom is -0.389 e. The highest BCUT2D eigenvalue weighted by atomic mass is 35.5. The normalized spacial score (nSPS) is 22.1. The number of β-amino-alcohol motifs (C(OH)–C–C–N with tert-alkyl or cyclic N) is 1. The van der Waals surface area contributed by atoms with Crippen molar-refractivity contribution < 1.29 is 14.3 Å². The zero-order valence-corrected chi connectivity index (χ0v) is 14.4. The Balaban J connectivity index is 1.94. The van der Waals surface area contributed by atoms with Crippen LogP contribution in [0.5, 0.6) is 0 Å². The van der Waals surface area contributed by atoms with Gasteiger partial charge in [-0.15, -0.1) is 0 Å². The number of piperidine rings is 1. The van der Waals surface area contributed by atoms with Crippen molar-refractivity contribution in [2.75, 3.05) is 27.2 Å². The number of rotatable bonds is 5. The maximum atomic E-state index is 13.5. The SMILES string of the molecule is CN(C)C(=O)CC[C@@]1(O)CCCN(Cc2ccc(Cl)c(F)c2)C1. The van der Waals surface area contributed by atoms with Crippen molar-refractivity contribution in [3.63, 3.8) is 0 Å². The molecule has 1 amide bonds. The molecule has 1 aliphatic heterocycles. The lowest BCUT2D eigenvalue weighted by Gasteiger charge is -2.39. The summed E-state index contributed by atoms with van der Waals surface area (Å²) in [5, 5.41) is 10.9. The van der Waals surface area contributed by atoms with E-state index in [2.05, 4.69) is 4.90 Å². The third-order valence-electron chi connectivity index (χ3n) is 4.33. The summed E-state index contributed by atoms with van der Waals surface area (Å²) in [5.74, 6) is -0.400. The fourth-order valence-electron chi connectivity index (χ4n) is 3.00. The Bertz CT molecular complexity index is 568. The van der Waals surface area contributed by atoms with E-state index in [0.29, 0.717) is 32.4 Å². The molecule has 6 heteroatoms. The second kappa shape index (κ2) is 7.60. The second-order valence-electron chi connectivity index (χ2n) is 6.58. The molecule has 0 aromatic heterocycles. The van der Waals surface area contributed by atoms with E-state index in [9.17, 15) is 14.3 Å². The first-order chi connectivity index (χ1) is 10.8. The van der Waals surface area contributed by atoms with Crippen molar-refractivity contribution in [3.8, 4) is 0 Å². The molecular formula is C17H24ClFN2O2. The Morgan fingerprint density at radius 1 is 1.48 bits per heavy atom. The molecule has 1 aromatic rings. The summed E-state index contributed by atoms with van der Waals surface area (Å²) in [5.41, 5.74) is -0.0185. The van der Waals surface area contributed by atoms with Crippen LogP contribution in [0.15, 0.2) is 18.2 Å². The maximum absolute atomic E-state index is 13.5. The minimum atomic E-state index is -0.852. The third kappa shape index (κ3) is 5.16. The molecule has 0 radical (unpaired) electrons. The number of aliphatic hydroxyl groups is 1. The summed E-state index contributed by atoms with van der Waals surface area (Å²) in [6.45, 7) is 1.92. The molecule has 23 heavy (non-hydrogen) atoms. The number of benzene rings is 1. The highest BCUT2D eigenvalue weighted by Gasteiger charge is 2.33. The Kier molecular flexibility index (Phi) is 6.00. The number of hydrogen-bond acceptors (Lipinski definition) is 3. The predicted molar refractivity (Wildman–Crippen MR) is 88.8 cm³/mol. The fraction of sp³-hybridized carbons (Fsp3) is 0.588. The van der Waals surface area contributed by atoms with Crippen molar-refractivity contribution >= 4 is 17.5 Å². The van der Waals surface area contributed by atoms with Crippen molar-refractivity contribution in [1.82, 2.24) is 9.80 Å². The van der Waals surface area contributed by atoms with E-state index in [1.807, 2.05) is 0 Å². The zero-order chi connectivity index (χ0) is 17.0. The molecule has 1 atom stereocenters.